The molecule has 2 atom stereocenters. The van der Waals surface area contributed by atoms with Gasteiger partial charge >= 0.3 is 5.97 Å². The summed E-state index contributed by atoms with van der Waals surface area (Å²) in [5, 5.41) is 0. The van der Waals surface area contributed by atoms with Gasteiger partial charge in [-0.1, -0.05) is 26.0 Å². The molecule has 1 fully saturated rings. The molecule has 0 aliphatic heterocycles. The van der Waals surface area contributed by atoms with Gasteiger partial charge in [-0.3, -0.25) is 4.79 Å². The molecule has 2 nitrogen and oxygen atoms in total. The first-order valence-electron chi connectivity index (χ1n) is 5.14. The number of carbonyl (C=O) groups is 1. The van der Waals surface area contributed by atoms with Crippen molar-refractivity contribution < 1.29 is 9.53 Å². The Morgan fingerprint density at radius 1 is 1.50 bits per heavy atom. The first-order chi connectivity index (χ1) is 6.35. The van der Waals surface area contributed by atoms with Crippen LogP contribution in [0.25, 0.3) is 0 Å². The van der Waals surface area contributed by atoms with Gasteiger partial charge in [0.1, 0.15) is 0 Å². The highest BCUT2D eigenvalue weighted by Crippen LogP contribution is 2.54. The van der Waals surface area contributed by atoms with Crippen molar-refractivity contribution in [3.05, 3.63) is 12.2 Å². The van der Waals surface area contributed by atoms with Gasteiger partial charge in [0.2, 0.25) is 0 Å². The molecule has 0 heterocycles. The Kier molecular flexibility index (Phi) is 3.03. The van der Waals surface area contributed by atoms with Gasteiger partial charge in [-0.25, -0.2) is 0 Å². The monoisotopic (exact) mass is 196 g/mol. The van der Waals surface area contributed by atoms with Crippen LogP contribution in [0.3, 0.4) is 0 Å². The standard InChI is InChI=1S/C12H20O2/c1-8(2)11-6-10(12(11,4)5)7-14-9(3)13/h10-11H,1,6-7H2,2-5H3/t10-,11+/m0/s1. The van der Waals surface area contributed by atoms with E-state index in [1.807, 2.05) is 0 Å². The van der Waals surface area contributed by atoms with E-state index in [1.54, 1.807) is 0 Å². The molecule has 1 saturated carbocycles. The fourth-order valence-corrected chi connectivity index (χ4v) is 2.35. The number of hydrogen-bond donors (Lipinski definition) is 0. The summed E-state index contributed by atoms with van der Waals surface area (Å²) >= 11 is 0. The van der Waals surface area contributed by atoms with Crippen molar-refractivity contribution in [2.45, 2.75) is 34.1 Å². The zero-order chi connectivity index (χ0) is 10.9. The summed E-state index contributed by atoms with van der Waals surface area (Å²) in [7, 11) is 0. The van der Waals surface area contributed by atoms with E-state index in [2.05, 4.69) is 27.4 Å². The van der Waals surface area contributed by atoms with Crippen molar-refractivity contribution in [3.63, 3.8) is 0 Å². The normalized spacial score (nSPS) is 29.1. The van der Waals surface area contributed by atoms with Gasteiger partial charge in [0.25, 0.3) is 0 Å². The molecule has 0 saturated heterocycles. The Morgan fingerprint density at radius 3 is 2.43 bits per heavy atom. The highest BCUT2D eigenvalue weighted by Gasteiger charge is 2.48. The first-order valence-corrected chi connectivity index (χ1v) is 5.14. The lowest BCUT2D eigenvalue weighted by atomic mass is 9.53. The van der Waals surface area contributed by atoms with Crippen LogP contribution in [-0.4, -0.2) is 12.6 Å². The van der Waals surface area contributed by atoms with E-state index in [0.717, 1.165) is 6.42 Å². The molecule has 0 aromatic rings. The average Bonchev–Trinajstić information content (AvgIpc) is 2.00. The lowest BCUT2D eigenvalue weighted by molar-refractivity contribution is -0.147. The Balaban J connectivity index is 2.46. The third-order valence-corrected chi connectivity index (χ3v) is 3.55. The van der Waals surface area contributed by atoms with Gasteiger partial charge in [0, 0.05) is 6.92 Å². The summed E-state index contributed by atoms with van der Waals surface area (Å²) in [6.45, 7) is 12.5. The SMILES string of the molecule is C=C(C)[C@H]1C[C@@H](COC(C)=O)C1(C)C. The lowest BCUT2D eigenvalue weighted by Gasteiger charge is -2.52. The molecule has 1 rings (SSSR count). The maximum atomic E-state index is 10.7. The van der Waals surface area contributed by atoms with Gasteiger partial charge < -0.3 is 4.74 Å². The minimum Gasteiger partial charge on any atom is -0.466 e. The van der Waals surface area contributed by atoms with Crippen molar-refractivity contribution in [1.29, 1.82) is 0 Å². The molecule has 14 heavy (non-hydrogen) atoms. The van der Waals surface area contributed by atoms with Gasteiger partial charge in [-0.05, 0) is 30.6 Å². The predicted octanol–water partition coefficient (Wildman–Crippen LogP) is 2.79. The van der Waals surface area contributed by atoms with E-state index in [-0.39, 0.29) is 11.4 Å². The number of hydrogen-bond acceptors (Lipinski definition) is 2. The summed E-state index contributed by atoms with van der Waals surface area (Å²) in [5.74, 6) is 0.899. The molecule has 2 heteroatoms. The van der Waals surface area contributed by atoms with Crippen LogP contribution in [0.4, 0.5) is 0 Å². The van der Waals surface area contributed by atoms with Crippen LogP contribution in [0.5, 0.6) is 0 Å². The molecule has 0 aromatic carbocycles. The second kappa shape index (κ2) is 3.76. The summed E-state index contributed by atoms with van der Waals surface area (Å²) in [6.07, 6.45) is 1.11. The first kappa shape index (κ1) is 11.3. The predicted molar refractivity (Wildman–Crippen MR) is 56.8 cm³/mol. The fourth-order valence-electron chi connectivity index (χ4n) is 2.35. The van der Waals surface area contributed by atoms with Gasteiger partial charge in [0.15, 0.2) is 0 Å². The molecule has 0 radical (unpaired) electrons. The highest BCUT2D eigenvalue weighted by atomic mass is 16.5. The van der Waals surface area contributed by atoms with Gasteiger partial charge in [-0.15, -0.1) is 0 Å². The lowest BCUT2D eigenvalue weighted by Crippen LogP contribution is -2.47. The van der Waals surface area contributed by atoms with Crippen LogP contribution in [-0.2, 0) is 9.53 Å². The molecular formula is C12H20O2. The van der Waals surface area contributed by atoms with Gasteiger partial charge in [-0.2, -0.15) is 0 Å². The molecular weight excluding hydrogens is 176 g/mol. The number of esters is 1. The van der Waals surface area contributed by atoms with Crippen molar-refractivity contribution in [3.8, 4) is 0 Å². The Labute approximate surface area is 86.3 Å². The maximum Gasteiger partial charge on any atom is 0.302 e. The van der Waals surface area contributed by atoms with Crippen LogP contribution in [0.2, 0.25) is 0 Å². The molecule has 1 aliphatic carbocycles. The third-order valence-electron chi connectivity index (χ3n) is 3.55. The third kappa shape index (κ3) is 1.99. The molecule has 0 amide bonds. The number of ether oxygens (including phenoxy) is 1. The number of rotatable bonds is 3. The van der Waals surface area contributed by atoms with Crippen LogP contribution in [0.1, 0.15) is 34.1 Å². The van der Waals surface area contributed by atoms with Crippen LogP contribution in [0, 0.1) is 17.3 Å². The minimum absolute atomic E-state index is 0.181. The van der Waals surface area contributed by atoms with E-state index in [0.29, 0.717) is 18.4 Å². The van der Waals surface area contributed by atoms with Crippen LogP contribution >= 0.6 is 0 Å². The average molecular weight is 196 g/mol. The topological polar surface area (TPSA) is 26.3 Å². The molecule has 1 aliphatic rings. The van der Waals surface area contributed by atoms with Crippen molar-refractivity contribution in [2.75, 3.05) is 6.61 Å². The van der Waals surface area contributed by atoms with Crippen molar-refractivity contribution >= 4 is 5.97 Å². The van der Waals surface area contributed by atoms with E-state index in [9.17, 15) is 4.79 Å². The van der Waals surface area contributed by atoms with E-state index in [4.69, 9.17) is 4.74 Å². The van der Waals surface area contributed by atoms with E-state index < -0.39 is 0 Å². The summed E-state index contributed by atoms with van der Waals surface area (Å²) in [4.78, 5) is 10.7. The molecule has 80 valence electrons. The van der Waals surface area contributed by atoms with Crippen LogP contribution < -0.4 is 0 Å². The van der Waals surface area contributed by atoms with E-state index in [1.165, 1.54) is 12.5 Å². The molecule has 0 bridgehead atoms. The Bertz CT molecular complexity index is 251. The quantitative estimate of drug-likeness (QED) is 0.512. The van der Waals surface area contributed by atoms with E-state index >= 15 is 0 Å². The fraction of sp³-hybridized carbons (Fsp3) is 0.750. The zero-order valence-electron chi connectivity index (χ0n) is 9.59. The summed E-state index contributed by atoms with van der Waals surface area (Å²) in [5.41, 5.74) is 1.48. The smallest absolute Gasteiger partial charge is 0.302 e. The molecule has 0 spiro atoms. The highest BCUT2D eigenvalue weighted by molar-refractivity contribution is 5.65. The van der Waals surface area contributed by atoms with Gasteiger partial charge in [0.05, 0.1) is 6.61 Å². The molecule has 0 unspecified atom stereocenters. The summed E-state index contributed by atoms with van der Waals surface area (Å²) in [6, 6.07) is 0. The number of carbonyl (C=O) groups excluding carboxylic acids is 1. The van der Waals surface area contributed by atoms with Crippen LogP contribution in [0.15, 0.2) is 12.2 Å². The molecule has 0 aromatic heterocycles. The molecule has 0 N–H and O–H groups in total. The Hall–Kier alpha value is -0.790. The second-order valence-corrected chi connectivity index (χ2v) is 4.96. The summed E-state index contributed by atoms with van der Waals surface area (Å²) < 4.78 is 5.04. The number of allylic oxidation sites excluding steroid dienone is 1. The largest absolute Gasteiger partial charge is 0.466 e. The second-order valence-electron chi connectivity index (χ2n) is 4.96. The zero-order valence-corrected chi connectivity index (χ0v) is 9.59. The minimum atomic E-state index is -0.181. The van der Waals surface area contributed by atoms with Crippen molar-refractivity contribution in [2.24, 2.45) is 17.3 Å². The Morgan fingerprint density at radius 2 is 2.07 bits per heavy atom. The van der Waals surface area contributed by atoms with Crippen molar-refractivity contribution in [1.82, 2.24) is 0 Å². The maximum absolute atomic E-state index is 10.7.